The molecule has 0 amide bonds. The summed E-state index contributed by atoms with van der Waals surface area (Å²) in [6.45, 7) is 12.8. The zero-order valence-corrected chi connectivity index (χ0v) is 16.4. The number of likely N-dealkylation sites (tertiary alicyclic amines) is 1. The number of ether oxygens (including phenoxy) is 1. The Hall–Kier alpha value is -2.08. The Morgan fingerprint density at radius 3 is 2.73 bits per heavy atom. The summed E-state index contributed by atoms with van der Waals surface area (Å²) in [6.07, 6.45) is 5.08. The summed E-state index contributed by atoms with van der Waals surface area (Å²) >= 11 is 0. The van der Waals surface area contributed by atoms with Gasteiger partial charge in [0.05, 0.1) is 6.61 Å². The first kappa shape index (κ1) is 20.2. The Morgan fingerprint density at radius 2 is 2.15 bits per heavy atom. The number of piperidine rings is 1. The number of pyridine rings is 1. The van der Waals surface area contributed by atoms with Gasteiger partial charge in [-0.25, -0.2) is 4.98 Å². The zero-order chi connectivity index (χ0) is 18.8. The highest BCUT2D eigenvalue weighted by molar-refractivity contribution is 5.79. The molecule has 144 valence electrons. The van der Waals surface area contributed by atoms with Crippen LogP contribution in [0.5, 0.6) is 5.88 Å². The molecule has 0 spiro atoms. The summed E-state index contributed by atoms with van der Waals surface area (Å²) in [5, 5.41) is 6.90. The highest BCUT2D eigenvalue weighted by Gasteiger charge is 2.19. The van der Waals surface area contributed by atoms with Crippen molar-refractivity contribution in [2.45, 2.75) is 45.7 Å². The van der Waals surface area contributed by atoms with Crippen LogP contribution in [0.3, 0.4) is 0 Å². The second-order valence-corrected chi connectivity index (χ2v) is 6.93. The van der Waals surface area contributed by atoms with Crippen molar-refractivity contribution in [3.63, 3.8) is 0 Å². The van der Waals surface area contributed by atoms with E-state index in [2.05, 4.69) is 45.9 Å². The van der Waals surface area contributed by atoms with Crippen LogP contribution in [0, 0.1) is 0 Å². The Balaban J connectivity index is 1.73. The normalized spacial score (nSPS) is 16.3. The highest BCUT2D eigenvalue weighted by Crippen LogP contribution is 2.12. The summed E-state index contributed by atoms with van der Waals surface area (Å²) < 4.78 is 5.51. The molecule has 1 aliphatic rings. The van der Waals surface area contributed by atoms with Crippen molar-refractivity contribution in [2.75, 3.05) is 33.3 Å². The predicted octanol–water partition coefficient (Wildman–Crippen LogP) is 2.58. The lowest BCUT2D eigenvalue weighted by atomic mass is 10.0. The molecule has 0 aromatic carbocycles. The average molecular weight is 360 g/mol. The summed E-state index contributed by atoms with van der Waals surface area (Å²) in [5.41, 5.74) is 2.33. The van der Waals surface area contributed by atoms with Crippen LogP contribution in [0.2, 0.25) is 0 Å². The highest BCUT2D eigenvalue weighted by atomic mass is 16.5. The molecule has 26 heavy (non-hydrogen) atoms. The van der Waals surface area contributed by atoms with E-state index in [0.717, 1.165) is 50.4 Å². The maximum Gasteiger partial charge on any atom is 0.213 e. The molecule has 0 bridgehead atoms. The van der Waals surface area contributed by atoms with E-state index in [4.69, 9.17) is 4.74 Å². The van der Waals surface area contributed by atoms with Gasteiger partial charge in [-0.1, -0.05) is 25.1 Å². The number of nitrogens with one attached hydrogen (secondary N) is 2. The van der Waals surface area contributed by atoms with Crippen LogP contribution >= 0.6 is 0 Å². The average Bonchev–Trinajstić information content (AvgIpc) is 2.65. The number of hydrogen-bond donors (Lipinski definition) is 2. The molecule has 6 nitrogen and oxygen atoms in total. The first-order valence-corrected chi connectivity index (χ1v) is 9.52. The van der Waals surface area contributed by atoms with Crippen LogP contribution in [0.15, 0.2) is 35.5 Å². The largest absolute Gasteiger partial charge is 0.478 e. The molecule has 2 heterocycles. The van der Waals surface area contributed by atoms with E-state index >= 15 is 0 Å². The standard InChI is InChI=1S/C20H33N5O/c1-5-12-26-19-7-6-17(13-22-19)14-23-20(21-4)24-18-8-10-25(11-9-18)15-16(2)3/h6-7,13,18H,2,5,8-12,14-15H2,1,3-4H3,(H2,21,23,24). The number of nitrogens with zero attached hydrogens (tertiary/aromatic N) is 3. The lowest BCUT2D eigenvalue weighted by Crippen LogP contribution is -2.48. The number of guanidine groups is 1. The van der Waals surface area contributed by atoms with Gasteiger partial charge in [-0.2, -0.15) is 0 Å². The predicted molar refractivity (Wildman–Crippen MR) is 108 cm³/mol. The maximum absolute atomic E-state index is 5.51. The molecular formula is C20H33N5O. The van der Waals surface area contributed by atoms with Crippen LogP contribution in [0.1, 0.15) is 38.7 Å². The van der Waals surface area contributed by atoms with Crippen LogP contribution in [0.25, 0.3) is 0 Å². The van der Waals surface area contributed by atoms with E-state index in [0.29, 0.717) is 25.1 Å². The third kappa shape index (κ3) is 7.04. The van der Waals surface area contributed by atoms with E-state index < -0.39 is 0 Å². The molecule has 0 unspecified atom stereocenters. The van der Waals surface area contributed by atoms with Crippen molar-refractivity contribution in [3.05, 3.63) is 36.0 Å². The first-order chi connectivity index (χ1) is 12.6. The van der Waals surface area contributed by atoms with Gasteiger partial charge in [-0.05, 0) is 31.7 Å². The summed E-state index contributed by atoms with van der Waals surface area (Å²) in [4.78, 5) is 11.1. The van der Waals surface area contributed by atoms with Crippen molar-refractivity contribution in [1.29, 1.82) is 0 Å². The molecule has 1 aliphatic heterocycles. The maximum atomic E-state index is 5.51. The Labute approximate surface area is 157 Å². The van der Waals surface area contributed by atoms with Crippen LogP contribution in [-0.2, 0) is 6.54 Å². The topological polar surface area (TPSA) is 61.8 Å². The fourth-order valence-corrected chi connectivity index (χ4v) is 3.00. The minimum atomic E-state index is 0.463. The number of aliphatic imine (C=N–C) groups is 1. The van der Waals surface area contributed by atoms with Crippen molar-refractivity contribution in [1.82, 2.24) is 20.5 Å². The molecule has 2 rings (SSSR count). The van der Waals surface area contributed by atoms with Crippen molar-refractivity contribution >= 4 is 5.96 Å². The molecule has 1 aromatic heterocycles. The van der Waals surface area contributed by atoms with Crippen LogP contribution < -0.4 is 15.4 Å². The number of rotatable bonds is 8. The monoisotopic (exact) mass is 359 g/mol. The smallest absolute Gasteiger partial charge is 0.213 e. The molecule has 2 N–H and O–H groups in total. The fourth-order valence-electron chi connectivity index (χ4n) is 3.00. The molecule has 0 aliphatic carbocycles. The molecule has 6 heteroatoms. The van der Waals surface area contributed by atoms with E-state index in [1.54, 1.807) is 0 Å². The van der Waals surface area contributed by atoms with E-state index in [1.165, 1.54) is 5.57 Å². The second-order valence-electron chi connectivity index (χ2n) is 6.93. The molecule has 1 saturated heterocycles. The Bertz CT molecular complexity index is 576. The third-order valence-electron chi connectivity index (χ3n) is 4.36. The first-order valence-electron chi connectivity index (χ1n) is 9.52. The molecule has 1 aromatic rings. The van der Waals surface area contributed by atoms with Crippen molar-refractivity contribution < 1.29 is 4.74 Å². The second kappa shape index (κ2) is 10.8. The summed E-state index contributed by atoms with van der Waals surface area (Å²) in [6, 6.07) is 4.42. The van der Waals surface area contributed by atoms with Gasteiger partial charge in [0.1, 0.15) is 0 Å². The quantitative estimate of drug-likeness (QED) is 0.424. The molecule has 0 saturated carbocycles. The van der Waals surface area contributed by atoms with Gasteiger partial charge >= 0.3 is 0 Å². The minimum Gasteiger partial charge on any atom is -0.478 e. The van der Waals surface area contributed by atoms with Crippen molar-refractivity contribution in [3.8, 4) is 5.88 Å². The SMILES string of the molecule is C=C(C)CN1CCC(NC(=NC)NCc2ccc(OCCC)nc2)CC1. The molecular weight excluding hydrogens is 326 g/mol. The van der Waals surface area contributed by atoms with Gasteiger partial charge in [-0.3, -0.25) is 9.89 Å². The van der Waals surface area contributed by atoms with Crippen LogP contribution in [0.4, 0.5) is 0 Å². The molecule has 0 atom stereocenters. The van der Waals surface area contributed by atoms with Gasteiger partial charge in [0.25, 0.3) is 0 Å². The van der Waals surface area contributed by atoms with Crippen molar-refractivity contribution in [2.24, 2.45) is 4.99 Å². The van der Waals surface area contributed by atoms with Gasteiger partial charge < -0.3 is 15.4 Å². The minimum absolute atomic E-state index is 0.463. The zero-order valence-electron chi connectivity index (χ0n) is 16.4. The van der Waals surface area contributed by atoms with E-state index in [1.807, 2.05) is 25.4 Å². The fraction of sp³-hybridized carbons (Fsp3) is 0.600. The number of aromatic nitrogens is 1. The van der Waals surface area contributed by atoms with Crippen LogP contribution in [-0.4, -0.2) is 55.2 Å². The lowest BCUT2D eigenvalue weighted by Gasteiger charge is -2.33. The van der Waals surface area contributed by atoms with E-state index in [9.17, 15) is 0 Å². The van der Waals surface area contributed by atoms with E-state index in [-0.39, 0.29) is 0 Å². The van der Waals surface area contributed by atoms with Gasteiger partial charge in [0, 0.05) is 51.5 Å². The lowest BCUT2D eigenvalue weighted by molar-refractivity contribution is 0.221. The summed E-state index contributed by atoms with van der Waals surface area (Å²) in [5.74, 6) is 1.52. The summed E-state index contributed by atoms with van der Waals surface area (Å²) in [7, 11) is 1.81. The number of hydrogen-bond acceptors (Lipinski definition) is 4. The van der Waals surface area contributed by atoms with Gasteiger partial charge in [0.15, 0.2) is 5.96 Å². The van der Waals surface area contributed by atoms with Gasteiger partial charge in [-0.15, -0.1) is 0 Å². The van der Waals surface area contributed by atoms with Gasteiger partial charge in [0.2, 0.25) is 5.88 Å². The Morgan fingerprint density at radius 1 is 1.38 bits per heavy atom. The third-order valence-corrected chi connectivity index (χ3v) is 4.36. The Kier molecular flexibility index (Phi) is 8.41. The molecule has 0 radical (unpaired) electrons. The molecule has 1 fully saturated rings.